The molecule has 0 saturated carbocycles. The molecule has 0 radical (unpaired) electrons. The number of aromatic nitrogens is 2. The first kappa shape index (κ1) is 14.6. The number of likely N-dealkylation sites (tertiary alicyclic amines) is 1. The fourth-order valence-corrected chi connectivity index (χ4v) is 2.56. The van der Waals surface area contributed by atoms with Gasteiger partial charge in [0.15, 0.2) is 0 Å². The number of halogens is 1. The molecule has 1 aliphatic rings. The molecule has 0 bridgehead atoms. The summed E-state index contributed by atoms with van der Waals surface area (Å²) in [5.74, 6) is 0.0839. The van der Waals surface area contributed by atoms with Crippen LogP contribution in [0.3, 0.4) is 0 Å². The molecule has 1 aliphatic heterocycles. The topological polar surface area (TPSA) is 47.4 Å². The average Bonchev–Trinajstić information content (AvgIpc) is 3.15. The van der Waals surface area contributed by atoms with E-state index in [2.05, 4.69) is 5.10 Å². The van der Waals surface area contributed by atoms with Crippen LogP contribution in [0, 0.1) is 5.82 Å². The largest absolute Gasteiger partial charge is 0.488 e. The SMILES string of the molecule is CCn1ccc(C(=O)N2CCC(Oc3cccc(F)c3)C2)n1. The zero-order valence-electron chi connectivity index (χ0n) is 12.4. The van der Waals surface area contributed by atoms with Crippen molar-refractivity contribution in [2.75, 3.05) is 13.1 Å². The molecule has 2 heterocycles. The number of ether oxygens (including phenoxy) is 1. The van der Waals surface area contributed by atoms with Crippen molar-refractivity contribution >= 4 is 5.91 Å². The molecular weight excluding hydrogens is 285 g/mol. The summed E-state index contributed by atoms with van der Waals surface area (Å²) in [4.78, 5) is 14.1. The van der Waals surface area contributed by atoms with Crippen molar-refractivity contribution in [1.82, 2.24) is 14.7 Å². The van der Waals surface area contributed by atoms with Crippen LogP contribution in [0.1, 0.15) is 23.8 Å². The Labute approximate surface area is 128 Å². The zero-order chi connectivity index (χ0) is 15.5. The molecule has 1 amide bonds. The van der Waals surface area contributed by atoms with E-state index in [1.807, 2.05) is 6.92 Å². The molecule has 6 heteroatoms. The lowest BCUT2D eigenvalue weighted by molar-refractivity contribution is 0.0765. The van der Waals surface area contributed by atoms with Gasteiger partial charge in [0.2, 0.25) is 0 Å². The minimum Gasteiger partial charge on any atom is -0.488 e. The Balaban J connectivity index is 1.61. The lowest BCUT2D eigenvalue weighted by Crippen LogP contribution is -2.31. The molecule has 1 aromatic carbocycles. The molecule has 1 unspecified atom stereocenters. The normalized spacial score (nSPS) is 17.7. The summed E-state index contributed by atoms with van der Waals surface area (Å²) in [7, 11) is 0. The summed E-state index contributed by atoms with van der Waals surface area (Å²) in [6.45, 7) is 3.82. The maximum Gasteiger partial charge on any atom is 0.274 e. The van der Waals surface area contributed by atoms with Crippen molar-refractivity contribution in [3.05, 3.63) is 48.0 Å². The predicted molar refractivity (Wildman–Crippen MR) is 79.2 cm³/mol. The van der Waals surface area contributed by atoms with Crippen LogP contribution >= 0.6 is 0 Å². The van der Waals surface area contributed by atoms with Gasteiger partial charge in [-0.3, -0.25) is 9.48 Å². The van der Waals surface area contributed by atoms with Crippen LogP contribution in [-0.4, -0.2) is 39.8 Å². The molecule has 0 aliphatic carbocycles. The van der Waals surface area contributed by atoms with Crippen LogP contribution in [0.15, 0.2) is 36.5 Å². The molecule has 22 heavy (non-hydrogen) atoms. The first-order chi connectivity index (χ1) is 10.7. The summed E-state index contributed by atoms with van der Waals surface area (Å²) in [5, 5.41) is 4.23. The third-order valence-corrected chi connectivity index (χ3v) is 3.71. The summed E-state index contributed by atoms with van der Waals surface area (Å²) in [6.07, 6.45) is 2.42. The Hall–Kier alpha value is -2.37. The fourth-order valence-electron chi connectivity index (χ4n) is 2.56. The highest BCUT2D eigenvalue weighted by Gasteiger charge is 2.29. The maximum atomic E-state index is 13.1. The number of carbonyl (C=O) groups excluding carboxylic acids is 1. The maximum absolute atomic E-state index is 13.1. The lowest BCUT2D eigenvalue weighted by Gasteiger charge is -2.16. The molecule has 1 atom stereocenters. The van der Waals surface area contributed by atoms with E-state index in [1.165, 1.54) is 12.1 Å². The summed E-state index contributed by atoms with van der Waals surface area (Å²) >= 11 is 0. The zero-order valence-corrected chi connectivity index (χ0v) is 12.4. The third-order valence-electron chi connectivity index (χ3n) is 3.71. The first-order valence-electron chi connectivity index (χ1n) is 7.40. The van der Waals surface area contributed by atoms with E-state index < -0.39 is 0 Å². The summed E-state index contributed by atoms with van der Waals surface area (Å²) in [5.41, 5.74) is 0.452. The van der Waals surface area contributed by atoms with Crippen molar-refractivity contribution in [3.63, 3.8) is 0 Å². The summed E-state index contributed by atoms with van der Waals surface area (Å²) in [6, 6.07) is 7.79. The molecule has 3 rings (SSSR count). The van der Waals surface area contributed by atoms with Gasteiger partial charge in [-0.2, -0.15) is 5.10 Å². The Bertz CT molecular complexity index is 671. The van der Waals surface area contributed by atoms with Crippen molar-refractivity contribution in [3.8, 4) is 5.75 Å². The second-order valence-corrected chi connectivity index (χ2v) is 5.29. The second-order valence-electron chi connectivity index (χ2n) is 5.29. The van der Waals surface area contributed by atoms with Crippen LogP contribution in [0.2, 0.25) is 0 Å². The fraction of sp³-hybridized carbons (Fsp3) is 0.375. The minimum atomic E-state index is -0.325. The van der Waals surface area contributed by atoms with Crippen molar-refractivity contribution in [2.24, 2.45) is 0 Å². The third kappa shape index (κ3) is 3.10. The van der Waals surface area contributed by atoms with Crippen LogP contribution in [0.25, 0.3) is 0 Å². The van der Waals surface area contributed by atoms with Gasteiger partial charge >= 0.3 is 0 Å². The number of hydrogen-bond acceptors (Lipinski definition) is 3. The van der Waals surface area contributed by atoms with Crippen LogP contribution in [-0.2, 0) is 6.54 Å². The van der Waals surface area contributed by atoms with Crippen molar-refractivity contribution in [2.45, 2.75) is 26.0 Å². The molecule has 0 spiro atoms. The van der Waals surface area contributed by atoms with E-state index >= 15 is 0 Å². The van der Waals surface area contributed by atoms with Crippen molar-refractivity contribution in [1.29, 1.82) is 0 Å². The number of aryl methyl sites for hydroxylation is 1. The highest BCUT2D eigenvalue weighted by Crippen LogP contribution is 2.20. The monoisotopic (exact) mass is 303 g/mol. The van der Waals surface area contributed by atoms with Gasteiger partial charge in [0.25, 0.3) is 5.91 Å². The van der Waals surface area contributed by atoms with E-state index in [-0.39, 0.29) is 17.8 Å². The predicted octanol–water partition coefficient (Wildman–Crippen LogP) is 2.34. The lowest BCUT2D eigenvalue weighted by atomic mass is 10.3. The van der Waals surface area contributed by atoms with Gasteiger partial charge in [-0.15, -0.1) is 0 Å². The van der Waals surface area contributed by atoms with E-state index in [4.69, 9.17) is 4.74 Å². The highest BCUT2D eigenvalue weighted by molar-refractivity contribution is 5.92. The molecule has 116 valence electrons. The Morgan fingerprint density at radius 1 is 1.45 bits per heavy atom. The van der Waals surface area contributed by atoms with Gasteiger partial charge in [0.1, 0.15) is 23.4 Å². The Kier molecular flexibility index (Phi) is 4.09. The summed E-state index contributed by atoms with van der Waals surface area (Å²) < 4.78 is 20.6. The minimum absolute atomic E-state index is 0.0856. The molecule has 2 aromatic rings. The average molecular weight is 303 g/mol. The van der Waals surface area contributed by atoms with Crippen molar-refractivity contribution < 1.29 is 13.9 Å². The molecule has 0 N–H and O–H groups in total. The molecule has 1 saturated heterocycles. The van der Waals surface area contributed by atoms with Gasteiger partial charge < -0.3 is 9.64 Å². The molecular formula is C16H18FN3O2. The van der Waals surface area contributed by atoms with Crippen LogP contribution in [0.4, 0.5) is 4.39 Å². The number of carbonyl (C=O) groups is 1. The van der Waals surface area contributed by atoms with Crippen LogP contribution in [0.5, 0.6) is 5.75 Å². The smallest absolute Gasteiger partial charge is 0.274 e. The number of amides is 1. The van der Waals surface area contributed by atoms with E-state index in [1.54, 1.807) is 34.0 Å². The molecule has 1 aromatic heterocycles. The van der Waals surface area contributed by atoms with Gasteiger partial charge in [0.05, 0.1) is 6.54 Å². The van der Waals surface area contributed by atoms with Gasteiger partial charge in [-0.05, 0) is 25.1 Å². The van der Waals surface area contributed by atoms with Gasteiger partial charge in [-0.25, -0.2) is 4.39 Å². The Morgan fingerprint density at radius 2 is 2.32 bits per heavy atom. The standard InChI is InChI=1S/C16H18FN3O2/c1-2-20-9-7-15(18-20)16(21)19-8-6-14(11-19)22-13-5-3-4-12(17)10-13/h3-5,7,9-10,14H,2,6,8,11H2,1H3. The van der Waals surface area contributed by atoms with Gasteiger partial charge in [-0.1, -0.05) is 6.07 Å². The molecule has 1 fully saturated rings. The van der Waals surface area contributed by atoms with E-state index in [0.29, 0.717) is 24.5 Å². The first-order valence-corrected chi connectivity index (χ1v) is 7.40. The van der Waals surface area contributed by atoms with Crippen LogP contribution < -0.4 is 4.74 Å². The van der Waals surface area contributed by atoms with E-state index in [0.717, 1.165) is 13.0 Å². The number of hydrogen-bond donors (Lipinski definition) is 0. The Morgan fingerprint density at radius 3 is 3.05 bits per heavy atom. The number of nitrogens with zero attached hydrogens (tertiary/aromatic N) is 3. The number of rotatable bonds is 4. The highest BCUT2D eigenvalue weighted by atomic mass is 19.1. The second kappa shape index (κ2) is 6.17. The molecule has 5 nitrogen and oxygen atoms in total. The quantitative estimate of drug-likeness (QED) is 0.871. The number of benzene rings is 1. The van der Waals surface area contributed by atoms with E-state index in [9.17, 15) is 9.18 Å². The van der Waals surface area contributed by atoms with Gasteiger partial charge in [0, 0.05) is 31.8 Å².